The number of rotatable bonds is 7. The first-order chi connectivity index (χ1) is 15.1. The summed E-state index contributed by atoms with van der Waals surface area (Å²) in [5.41, 5.74) is 8.09. The van der Waals surface area contributed by atoms with E-state index in [-0.39, 0.29) is 24.1 Å². The molecule has 2 aliphatic rings. The molecule has 2 aromatic rings. The number of oxime groups is 1. The second-order valence-electron chi connectivity index (χ2n) is 7.84. The van der Waals surface area contributed by atoms with E-state index in [2.05, 4.69) is 30.7 Å². The van der Waals surface area contributed by atoms with E-state index in [0.29, 0.717) is 22.9 Å². The minimum Gasteiger partial charge on any atom is -0.474 e. The van der Waals surface area contributed by atoms with Gasteiger partial charge in [-0.25, -0.2) is 19.7 Å². The van der Waals surface area contributed by atoms with Gasteiger partial charge in [0.15, 0.2) is 0 Å². The van der Waals surface area contributed by atoms with Crippen LogP contribution in [0.1, 0.15) is 55.7 Å². The molecular weight excluding hydrogens is 398 g/mol. The van der Waals surface area contributed by atoms with Crippen molar-refractivity contribution in [1.29, 1.82) is 0 Å². The maximum absolute atomic E-state index is 12.4. The highest BCUT2D eigenvalue weighted by molar-refractivity contribution is 5.89. The van der Waals surface area contributed by atoms with Crippen molar-refractivity contribution in [2.24, 2.45) is 5.16 Å². The zero-order valence-corrected chi connectivity index (χ0v) is 17.5. The minimum atomic E-state index is -0.261. The molecule has 4 N–H and O–H groups in total. The molecule has 10 heteroatoms. The molecule has 31 heavy (non-hydrogen) atoms. The molecule has 0 aliphatic heterocycles. The van der Waals surface area contributed by atoms with Crippen LogP contribution >= 0.6 is 0 Å². The van der Waals surface area contributed by atoms with Gasteiger partial charge in [-0.15, -0.1) is 0 Å². The molecule has 2 atom stereocenters. The average molecular weight is 425 g/mol. The van der Waals surface area contributed by atoms with E-state index in [0.717, 1.165) is 37.8 Å². The molecule has 2 unspecified atom stereocenters. The van der Waals surface area contributed by atoms with Crippen molar-refractivity contribution in [1.82, 2.24) is 20.3 Å². The number of nitrogens with one attached hydrogen (secondary N) is 2. The van der Waals surface area contributed by atoms with Crippen molar-refractivity contribution in [3.8, 4) is 5.88 Å². The quantitative estimate of drug-likeness (QED) is 0.458. The number of amides is 2. The zero-order chi connectivity index (χ0) is 21.6. The second-order valence-corrected chi connectivity index (χ2v) is 7.84. The topological polar surface area (TPSA) is 137 Å². The summed E-state index contributed by atoms with van der Waals surface area (Å²) in [5, 5.41) is 9.66. The third-order valence-electron chi connectivity index (χ3n) is 5.72. The molecule has 10 nitrogen and oxygen atoms in total. The fraction of sp³-hybridized carbons (Fsp3) is 0.476. The Morgan fingerprint density at radius 3 is 2.81 bits per heavy atom. The van der Waals surface area contributed by atoms with E-state index in [1.54, 1.807) is 18.3 Å². The summed E-state index contributed by atoms with van der Waals surface area (Å²) in [6.07, 6.45) is 10.7. The maximum atomic E-state index is 12.4. The van der Waals surface area contributed by atoms with Crippen molar-refractivity contribution in [3.63, 3.8) is 0 Å². The van der Waals surface area contributed by atoms with Gasteiger partial charge in [-0.3, -0.25) is 0 Å². The number of aromatic nitrogens is 3. The number of urea groups is 1. The van der Waals surface area contributed by atoms with Crippen molar-refractivity contribution < 1.29 is 14.4 Å². The van der Waals surface area contributed by atoms with Gasteiger partial charge in [0.25, 0.3) is 0 Å². The smallest absolute Gasteiger partial charge is 0.319 e. The Bertz CT molecular complexity index is 931. The van der Waals surface area contributed by atoms with Crippen LogP contribution in [0, 0.1) is 0 Å². The van der Waals surface area contributed by atoms with Gasteiger partial charge in [0.1, 0.15) is 25.4 Å². The number of carbonyl (C=O) groups excluding carboxylic acids is 1. The van der Waals surface area contributed by atoms with E-state index in [9.17, 15) is 4.79 Å². The molecule has 2 aliphatic carbocycles. The van der Waals surface area contributed by atoms with Gasteiger partial charge >= 0.3 is 6.03 Å². The zero-order valence-electron chi connectivity index (χ0n) is 17.5. The SMILES string of the molecule is CON=Cc1c(N)ncnc1C1CCC(NC(=O)Nc2ccc(OC3CCC3)nc2)C1. The van der Waals surface area contributed by atoms with E-state index in [4.69, 9.17) is 15.3 Å². The molecule has 2 fully saturated rings. The van der Waals surface area contributed by atoms with Crippen LogP contribution in [0.2, 0.25) is 0 Å². The number of ether oxygens (including phenoxy) is 1. The lowest BCUT2D eigenvalue weighted by molar-refractivity contribution is 0.114. The van der Waals surface area contributed by atoms with Gasteiger partial charge in [-0.05, 0) is 44.6 Å². The Labute approximate surface area is 180 Å². The third-order valence-corrected chi connectivity index (χ3v) is 5.72. The number of nitrogens with two attached hydrogens (primary N) is 1. The Hall–Kier alpha value is -3.43. The Kier molecular flexibility index (Phi) is 6.44. The molecule has 0 radical (unpaired) electrons. The minimum absolute atomic E-state index is 0.0302. The predicted molar refractivity (Wildman–Crippen MR) is 116 cm³/mol. The highest BCUT2D eigenvalue weighted by Gasteiger charge is 2.30. The molecule has 164 valence electrons. The Balaban J connectivity index is 1.30. The van der Waals surface area contributed by atoms with Crippen LogP contribution in [0.5, 0.6) is 5.88 Å². The first-order valence-corrected chi connectivity index (χ1v) is 10.5. The van der Waals surface area contributed by atoms with Crippen LogP contribution in [0.15, 0.2) is 29.8 Å². The summed E-state index contributed by atoms with van der Waals surface area (Å²) in [7, 11) is 1.47. The van der Waals surface area contributed by atoms with E-state index in [1.165, 1.54) is 26.1 Å². The van der Waals surface area contributed by atoms with Crippen LogP contribution in [0.3, 0.4) is 0 Å². The van der Waals surface area contributed by atoms with Gasteiger partial charge in [-0.1, -0.05) is 5.16 Å². The highest BCUT2D eigenvalue weighted by Crippen LogP contribution is 2.35. The lowest BCUT2D eigenvalue weighted by atomic mass is 9.96. The fourth-order valence-corrected chi connectivity index (χ4v) is 3.88. The second kappa shape index (κ2) is 9.59. The summed E-state index contributed by atoms with van der Waals surface area (Å²) in [4.78, 5) is 29.9. The van der Waals surface area contributed by atoms with E-state index < -0.39 is 0 Å². The predicted octanol–water partition coefficient (Wildman–Crippen LogP) is 2.82. The molecule has 2 amide bonds. The Morgan fingerprint density at radius 1 is 1.23 bits per heavy atom. The third kappa shape index (κ3) is 5.19. The van der Waals surface area contributed by atoms with Crippen LogP contribution in [0.25, 0.3) is 0 Å². The van der Waals surface area contributed by atoms with Crippen LogP contribution < -0.4 is 21.1 Å². The molecule has 0 spiro atoms. The number of anilines is 2. The molecule has 2 saturated carbocycles. The van der Waals surface area contributed by atoms with Gasteiger partial charge in [0, 0.05) is 18.0 Å². The van der Waals surface area contributed by atoms with Crippen molar-refractivity contribution >= 4 is 23.8 Å². The molecule has 4 rings (SSSR count). The number of hydrogen-bond acceptors (Lipinski definition) is 8. The first kappa shape index (κ1) is 20.8. The summed E-state index contributed by atoms with van der Waals surface area (Å²) < 4.78 is 5.74. The number of nitrogen functional groups attached to an aromatic ring is 1. The standard InChI is InChI=1S/C21H27N7O3/c1-30-26-11-17-19(24-12-25-20(17)22)13-5-6-14(9-13)27-21(29)28-15-7-8-18(23-10-15)31-16-3-2-4-16/h7-8,10-14,16H,2-6,9H2,1H3,(H2,22,24,25)(H2,27,28,29). The summed E-state index contributed by atoms with van der Waals surface area (Å²) in [6, 6.07) is 3.34. The summed E-state index contributed by atoms with van der Waals surface area (Å²) in [5.74, 6) is 1.10. The summed E-state index contributed by atoms with van der Waals surface area (Å²) >= 11 is 0. The highest BCUT2D eigenvalue weighted by atomic mass is 16.6. The monoisotopic (exact) mass is 425 g/mol. The van der Waals surface area contributed by atoms with Crippen molar-refractivity contribution in [2.45, 2.75) is 56.6 Å². The van der Waals surface area contributed by atoms with Gasteiger partial charge in [-0.2, -0.15) is 0 Å². The van der Waals surface area contributed by atoms with Crippen LogP contribution in [-0.4, -0.2) is 46.5 Å². The number of hydrogen-bond donors (Lipinski definition) is 3. The van der Waals surface area contributed by atoms with Crippen LogP contribution in [-0.2, 0) is 4.84 Å². The lowest BCUT2D eigenvalue weighted by Gasteiger charge is -2.25. The molecule has 0 saturated heterocycles. The maximum Gasteiger partial charge on any atom is 0.319 e. The van der Waals surface area contributed by atoms with Gasteiger partial charge in [0.2, 0.25) is 5.88 Å². The largest absolute Gasteiger partial charge is 0.474 e. The van der Waals surface area contributed by atoms with Crippen molar-refractivity contribution in [3.05, 3.63) is 35.9 Å². The lowest BCUT2D eigenvalue weighted by Crippen LogP contribution is -2.36. The molecule has 0 bridgehead atoms. The van der Waals surface area contributed by atoms with Crippen molar-refractivity contribution in [2.75, 3.05) is 18.2 Å². The van der Waals surface area contributed by atoms with E-state index >= 15 is 0 Å². The number of pyridine rings is 1. The normalized spacial score (nSPS) is 20.9. The first-order valence-electron chi connectivity index (χ1n) is 10.5. The molecular formula is C21H27N7O3. The number of carbonyl (C=O) groups is 1. The van der Waals surface area contributed by atoms with E-state index in [1.807, 2.05) is 0 Å². The molecule has 2 aromatic heterocycles. The molecule has 2 heterocycles. The van der Waals surface area contributed by atoms with Gasteiger partial charge in [0.05, 0.1) is 29.4 Å². The Morgan fingerprint density at radius 2 is 2.10 bits per heavy atom. The molecule has 0 aromatic carbocycles. The fourth-order valence-electron chi connectivity index (χ4n) is 3.88. The average Bonchev–Trinajstić information content (AvgIpc) is 3.19. The van der Waals surface area contributed by atoms with Gasteiger partial charge < -0.3 is 25.9 Å². The number of nitrogens with zero attached hydrogens (tertiary/aromatic N) is 4. The van der Waals surface area contributed by atoms with Crippen LogP contribution in [0.4, 0.5) is 16.3 Å². The summed E-state index contributed by atoms with van der Waals surface area (Å²) in [6.45, 7) is 0.